The van der Waals surface area contributed by atoms with Crippen LogP contribution in [0.5, 0.6) is 0 Å². The molecule has 0 spiro atoms. The minimum Gasteiger partial charge on any atom is -0.313 e. The van der Waals surface area contributed by atoms with Crippen LogP contribution in [0.3, 0.4) is 0 Å². The summed E-state index contributed by atoms with van der Waals surface area (Å²) in [6.45, 7) is 6.50. The largest absolute Gasteiger partial charge is 0.313 e. The monoisotopic (exact) mass is 287 g/mol. The van der Waals surface area contributed by atoms with Gasteiger partial charge in [-0.1, -0.05) is 20.3 Å². The van der Waals surface area contributed by atoms with E-state index in [0.717, 1.165) is 38.0 Å². The molecule has 0 aliphatic rings. The van der Waals surface area contributed by atoms with Crippen LogP contribution in [0, 0.1) is 0 Å². The van der Waals surface area contributed by atoms with Gasteiger partial charge in [0.2, 0.25) is 0 Å². The second kappa shape index (κ2) is 7.65. The van der Waals surface area contributed by atoms with E-state index in [1.807, 2.05) is 10.9 Å². The molecule has 0 bridgehead atoms. The van der Waals surface area contributed by atoms with Crippen LogP contribution in [0.15, 0.2) is 6.20 Å². The summed E-state index contributed by atoms with van der Waals surface area (Å²) in [7, 11) is -2.94. The molecular weight excluding hydrogens is 262 g/mol. The van der Waals surface area contributed by atoms with E-state index < -0.39 is 9.84 Å². The Hall–Kier alpha value is -0.880. The zero-order chi connectivity index (χ0) is 14.3. The van der Waals surface area contributed by atoms with Crippen molar-refractivity contribution in [3.63, 3.8) is 0 Å². The zero-order valence-corrected chi connectivity index (χ0v) is 13.0. The van der Waals surface area contributed by atoms with Gasteiger partial charge in [-0.25, -0.2) is 8.42 Å². The van der Waals surface area contributed by atoms with Crippen LogP contribution >= 0.6 is 0 Å². The van der Waals surface area contributed by atoms with Crippen LogP contribution in [0.4, 0.5) is 0 Å². The highest BCUT2D eigenvalue weighted by Crippen LogP contribution is 2.11. The minimum absolute atomic E-state index is 0.146. The molecule has 1 aromatic heterocycles. The Kier molecular flexibility index (Phi) is 6.51. The molecule has 19 heavy (non-hydrogen) atoms. The summed E-state index contributed by atoms with van der Waals surface area (Å²) >= 11 is 0. The first-order chi connectivity index (χ1) is 8.98. The number of aryl methyl sites for hydroxylation is 1. The molecule has 1 rings (SSSR count). The Morgan fingerprint density at radius 2 is 2.05 bits per heavy atom. The van der Waals surface area contributed by atoms with Crippen LogP contribution in [0.1, 0.15) is 37.9 Å². The van der Waals surface area contributed by atoms with E-state index in [0.29, 0.717) is 6.54 Å². The van der Waals surface area contributed by atoms with Crippen LogP contribution in [-0.2, 0) is 29.3 Å². The molecule has 0 unspecified atom stereocenters. The van der Waals surface area contributed by atoms with Gasteiger partial charge in [0.25, 0.3) is 0 Å². The maximum atomic E-state index is 11.2. The zero-order valence-electron chi connectivity index (χ0n) is 12.1. The number of rotatable bonds is 9. The Morgan fingerprint density at radius 3 is 2.63 bits per heavy atom. The first kappa shape index (κ1) is 16.2. The van der Waals surface area contributed by atoms with Gasteiger partial charge in [0.1, 0.15) is 9.84 Å². The fraction of sp³-hybridized carbons (Fsp3) is 0.769. The van der Waals surface area contributed by atoms with Crippen molar-refractivity contribution in [1.82, 2.24) is 15.1 Å². The van der Waals surface area contributed by atoms with Crippen molar-refractivity contribution in [3.05, 3.63) is 17.5 Å². The lowest BCUT2D eigenvalue weighted by molar-refractivity contribution is 0.574. The smallest absolute Gasteiger partial charge is 0.149 e. The molecule has 0 aromatic carbocycles. The number of nitrogens with one attached hydrogen (secondary N) is 1. The van der Waals surface area contributed by atoms with Gasteiger partial charge >= 0.3 is 0 Å². The molecule has 110 valence electrons. The molecule has 0 saturated heterocycles. The molecular formula is C13H25N3O2S. The molecule has 0 atom stereocenters. The van der Waals surface area contributed by atoms with Crippen LogP contribution in [-0.4, -0.2) is 36.8 Å². The van der Waals surface area contributed by atoms with Gasteiger partial charge in [-0.2, -0.15) is 5.10 Å². The highest BCUT2D eigenvalue weighted by molar-refractivity contribution is 7.90. The molecule has 0 aliphatic carbocycles. The summed E-state index contributed by atoms with van der Waals surface area (Å²) in [6.07, 6.45) is 6.19. The lowest BCUT2D eigenvalue weighted by Crippen LogP contribution is -2.17. The second-order valence-corrected chi connectivity index (χ2v) is 7.16. The summed E-state index contributed by atoms with van der Waals surface area (Å²) in [4.78, 5) is 0. The quantitative estimate of drug-likeness (QED) is 0.697. The second-order valence-electron chi connectivity index (χ2n) is 4.90. The minimum atomic E-state index is -2.94. The first-order valence-corrected chi connectivity index (χ1v) is 8.96. The molecule has 0 saturated carbocycles. The average Bonchev–Trinajstić information content (AvgIpc) is 2.70. The number of aromatic nitrogens is 2. The summed E-state index contributed by atoms with van der Waals surface area (Å²) in [5, 5.41) is 7.69. The van der Waals surface area contributed by atoms with Gasteiger partial charge in [0, 0.05) is 24.1 Å². The lowest BCUT2D eigenvalue weighted by Gasteiger charge is -2.09. The summed E-state index contributed by atoms with van der Waals surface area (Å²) in [6, 6.07) is 0. The molecule has 1 N–H and O–H groups in total. The lowest BCUT2D eigenvalue weighted by atomic mass is 10.1. The number of hydrogen-bond acceptors (Lipinski definition) is 4. The highest BCUT2D eigenvalue weighted by atomic mass is 32.2. The molecule has 1 heterocycles. The fourth-order valence-electron chi connectivity index (χ4n) is 1.97. The van der Waals surface area contributed by atoms with Gasteiger partial charge in [0.05, 0.1) is 18.5 Å². The van der Waals surface area contributed by atoms with E-state index >= 15 is 0 Å². The van der Waals surface area contributed by atoms with E-state index in [1.54, 1.807) is 0 Å². The Morgan fingerprint density at radius 1 is 1.32 bits per heavy atom. The van der Waals surface area contributed by atoms with E-state index in [9.17, 15) is 8.42 Å². The van der Waals surface area contributed by atoms with Gasteiger partial charge < -0.3 is 5.32 Å². The van der Waals surface area contributed by atoms with E-state index in [1.165, 1.54) is 11.8 Å². The van der Waals surface area contributed by atoms with Crippen molar-refractivity contribution in [1.29, 1.82) is 0 Å². The number of hydrogen-bond donors (Lipinski definition) is 1. The van der Waals surface area contributed by atoms with Crippen molar-refractivity contribution >= 4 is 9.84 Å². The molecule has 0 amide bonds. The SMILES string of the molecule is CCCNCc1cnn(CCS(C)(=O)=O)c1CCC. The summed E-state index contributed by atoms with van der Waals surface area (Å²) < 4.78 is 24.3. The van der Waals surface area contributed by atoms with Crippen molar-refractivity contribution in [2.24, 2.45) is 0 Å². The van der Waals surface area contributed by atoms with Crippen LogP contribution in [0.2, 0.25) is 0 Å². The third-order valence-electron chi connectivity index (χ3n) is 2.94. The third kappa shape index (κ3) is 5.74. The Bertz CT molecular complexity index is 480. The number of nitrogens with zero attached hydrogens (tertiary/aromatic N) is 2. The van der Waals surface area contributed by atoms with Crippen molar-refractivity contribution < 1.29 is 8.42 Å². The number of sulfone groups is 1. The summed E-state index contributed by atoms with van der Waals surface area (Å²) in [5.41, 5.74) is 2.35. The topological polar surface area (TPSA) is 64.0 Å². The fourth-order valence-corrected chi connectivity index (χ4v) is 2.47. The van der Waals surface area contributed by atoms with Crippen molar-refractivity contribution in [3.8, 4) is 0 Å². The molecule has 6 heteroatoms. The highest BCUT2D eigenvalue weighted by Gasteiger charge is 2.11. The maximum Gasteiger partial charge on any atom is 0.149 e. The maximum absolute atomic E-state index is 11.2. The molecule has 1 aromatic rings. The van der Waals surface area contributed by atoms with E-state index in [-0.39, 0.29) is 5.75 Å². The standard InChI is InChI=1S/C13H25N3O2S/c1-4-6-13-12(10-14-7-5-2)11-15-16(13)8-9-19(3,17)18/h11,14H,4-10H2,1-3H3. The first-order valence-electron chi connectivity index (χ1n) is 6.90. The summed E-state index contributed by atoms with van der Waals surface area (Å²) in [5.74, 6) is 0.146. The van der Waals surface area contributed by atoms with Gasteiger partial charge in [-0.3, -0.25) is 4.68 Å². The Labute approximate surface area is 116 Å². The average molecular weight is 287 g/mol. The van der Waals surface area contributed by atoms with Gasteiger partial charge in [0.15, 0.2) is 0 Å². The predicted octanol–water partition coefficient (Wildman–Crippen LogP) is 1.38. The van der Waals surface area contributed by atoms with Crippen LogP contribution in [0.25, 0.3) is 0 Å². The van der Waals surface area contributed by atoms with Gasteiger partial charge in [-0.15, -0.1) is 0 Å². The predicted molar refractivity (Wildman–Crippen MR) is 77.9 cm³/mol. The van der Waals surface area contributed by atoms with E-state index in [4.69, 9.17) is 0 Å². The van der Waals surface area contributed by atoms with Crippen molar-refractivity contribution in [2.45, 2.75) is 46.2 Å². The van der Waals surface area contributed by atoms with Gasteiger partial charge in [-0.05, 0) is 19.4 Å². The molecule has 0 radical (unpaired) electrons. The van der Waals surface area contributed by atoms with Crippen LogP contribution < -0.4 is 5.32 Å². The van der Waals surface area contributed by atoms with E-state index in [2.05, 4.69) is 24.3 Å². The molecule has 0 aliphatic heterocycles. The molecule has 5 nitrogen and oxygen atoms in total. The third-order valence-corrected chi connectivity index (χ3v) is 3.86. The van der Waals surface area contributed by atoms with Crippen molar-refractivity contribution in [2.75, 3.05) is 18.6 Å². The normalized spacial score (nSPS) is 11.9. The molecule has 0 fully saturated rings. The Balaban J connectivity index is 2.74.